The van der Waals surface area contributed by atoms with Gasteiger partial charge in [-0.3, -0.25) is 0 Å². The average Bonchev–Trinajstić information content (AvgIpc) is 2.65. The lowest BCUT2D eigenvalue weighted by molar-refractivity contribution is 0.466. The van der Waals surface area contributed by atoms with Gasteiger partial charge in [0.05, 0.1) is 4.90 Å². The molecule has 0 unspecified atom stereocenters. The van der Waals surface area contributed by atoms with E-state index in [-0.39, 0.29) is 9.79 Å². The van der Waals surface area contributed by atoms with E-state index >= 15 is 0 Å². The molecular weight excluding hydrogens is 332 g/mol. The van der Waals surface area contributed by atoms with E-state index in [4.69, 9.17) is 4.74 Å². The summed E-state index contributed by atoms with van der Waals surface area (Å²) in [6.07, 6.45) is 3.69. The fourth-order valence-corrected chi connectivity index (χ4v) is 3.93. The van der Waals surface area contributed by atoms with Gasteiger partial charge in [0.15, 0.2) is 5.75 Å². The summed E-state index contributed by atoms with van der Waals surface area (Å²) in [5.41, 5.74) is 0.711. The minimum atomic E-state index is -3.69. The standard InChI is InChI=1S/C21H18O3S/c1-2-10-17-11-9-16-20(21(17)24-18-12-5-3-6-13-18)25(22,23)19-14-7-4-8-15-19/h2-16H,1H3. The second-order valence-electron chi connectivity index (χ2n) is 5.41. The van der Waals surface area contributed by atoms with E-state index in [1.807, 2.05) is 43.3 Å². The number of rotatable bonds is 5. The molecule has 0 N–H and O–H groups in total. The Kier molecular flexibility index (Phi) is 5.00. The molecule has 0 spiro atoms. The highest BCUT2D eigenvalue weighted by Gasteiger charge is 2.24. The van der Waals surface area contributed by atoms with Crippen LogP contribution in [0.5, 0.6) is 11.5 Å². The minimum Gasteiger partial charge on any atom is -0.455 e. The Balaban J connectivity index is 2.18. The molecule has 3 aromatic rings. The maximum atomic E-state index is 13.1. The fraction of sp³-hybridized carbons (Fsp3) is 0.0476. The molecule has 0 amide bonds. The van der Waals surface area contributed by atoms with Gasteiger partial charge in [0, 0.05) is 5.56 Å². The molecule has 0 atom stereocenters. The highest BCUT2D eigenvalue weighted by atomic mass is 32.2. The van der Waals surface area contributed by atoms with E-state index in [9.17, 15) is 8.42 Å². The van der Waals surface area contributed by atoms with Crippen LogP contribution in [0.25, 0.3) is 6.08 Å². The molecule has 0 bridgehead atoms. The number of hydrogen-bond donors (Lipinski definition) is 0. The monoisotopic (exact) mass is 350 g/mol. The molecule has 0 radical (unpaired) electrons. The molecule has 25 heavy (non-hydrogen) atoms. The van der Waals surface area contributed by atoms with Crippen LogP contribution in [-0.2, 0) is 9.84 Å². The number of ether oxygens (including phenoxy) is 1. The van der Waals surface area contributed by atoms with Crippen molar-refractivity contribution < 1.29 is 13.2 Å². The van der Waals surface area contributed by atoms with Crippen LogP contribution in [0.3, 0.4) is 0 Å². The SMILES string of the molecule is CC=Cc1cccc(S(=O)(=O)c2ccccc2)c1Oc1ccccc1. The summed E-state index contributed by atoms with van der Waals surface area (Å²) in [6.45, 7) is 1.88. The second-order valence-corrected chi connectivity index (χ2v) is 7.32. The molecule has 3 aromatic carbocycles. The van der Waals surface area contributed by atoms with Crippen molar-refractivity contribution in [2.24, 2.45) is 0 Å². The molecule has 0 saturated carbocycles. The summed E-state index contributed by atoms with van der Waals surface area (Å²) >= 11 is 0. The number of sulfone groups is 1. The van der Waals surface area contributed by atoms with E-state index in [1.54, 1.807) is 54.6 Å². The molecule has 0 aromatic heterocycles. The van der Waals surface area contributed by atoms with Crippen molar-refractivity contribution in [3.05, 3.63) is 90.5 Å². The summed E-state index contributed by atoms with van der Waals surface area (Å²) in [4.78, 5) is 0.392. The third-order valence-electron chi connectivity index (χ3n) is 3.66. The zero-order valence-corrected chi connectivity index (χ0v) is 14.6. The first kappa shape index (κ1) is 17.0. The quantitative estimate of drug-likeness (QED) is 0.623. The second kappa shape index (κ2) is 7.36. The van der Waals surface area contributed by atoms with Crippen LogP contribution in [0.2, 0.25) is 0 Å². The molecule has 3 nitrogen and oxygen atoms in total. The normalized spacial score (nSPS) is 11.6. The summed E-state index contributed by atoms with van der Waals surface area (Å²) in [5, 5.41) is 0. The fourth-order valence-electron chi connectivity index (χ4n) is 2.50. The van der Waals surface area contributed by atoms with Gasteiger partial charge in [-0.05, 0) is 37.3 Å². The van der Waals surface area contributed by atoms with Crippen molar-refractivity contribution in [2.45, 2.75) is 16.7 Å². The van der Waals surface area contributed by atoms with E-state index in [0.717, 1.165) is 0 Å². The lowest BCUT2D eigenvalue weighted by Gasteiger charge is -2.14. The molecule has 0 aliphatic rings. The van der Waals surface area contributed by atoms with Crippen LogP contribution in [-0.4, -0.2) is 8.42 Å². The van der Waals surface area contributed by atoms with Crippen LogP contribution in [0.1, 0.15) is 12.5 Å². The number of allylic oxidation sites excluding steroid dienone is 1. The summed E-state index contributed by atoms with van der Waals surface area (Å²) in [7, 11) is -3.69. The van der Waals surface area contributed by atoms with Gasteiger partial charge < -0.3 is 4.74 Å². The van der Waals surface area contributed by atoms with E-state index in [2.05, 4.69) is 0 Å². The van der Waals surface area contributed by atoms with Crippen molar-refractivity contribution in [1.82, 2.24) is 0 Å². The van der Waals surface area contributed by atoms with E-state index < -0.39 is 9.84 Å². The number of para-hydroxylation sites is 2. The van der Waals surface area contributed by atoms with Gasteiger partial charge >= 0.3 is 0 Å². The predicted molar refractivity (Wildman–Crippen MR) is 99.6 cm³/mol. The summed E-state index contributed by atoms with van der Waals surface area (Å²) < 4.78 is 32.2. The zero-order chi connectivity index (χ0) is 17.7. The molecule has 0 heterocycles. The van der Waals surface area contributed by atoms with Gasteiger partial charge in [0.2, 0.25) is 9.84 Å². The summed E-state index contributed by atoms with van der Waals surface area (Å²) in [5.74, 6) is 0.916. The van der Waals surface area contributed by atoms with Gasteiger partial charge in [-0.25, -0.2) is 8.42 Å². The highest BCUT2D eigenvalue weighted by Crippen LogP contribution is 2.36. The smallest absolute Gasteiger partial charge is 0.210 e. The Morgan fingerprint density at radius 3 is 2.08 bits per heavy atom. The molecule has 3 rings (SSSR count). The Labute approximate surface area is 148 Å². The van der Waals surface area contributed by atoms with Crippen LogP contribution >= 0.6 is 0 Å². The van der Waals surface area contributed by atoms with Gasteiger partial charge in [-0.2, -0.15) is 0 Å². The van der Waals surface area contributed by atoms with Gasteiger partial charge in [0.25, 0.3) is 0 Å². The summed E-state index contributed by atoms with van der Waals surface area (Å²) in [6, 6.07) is 22.7. The van der Waals surface area contributed by atoms with Crippen molar-refractivity contribution in [3.8, 4) is 11.5 Å². The van der Waals surface area contributed by atoms with E-state index in [0.29, 0.717) is 17.1 Å². The van der Waals surface area contributed by atoms with Gasteiger partial charge in [0.1, 0.15) is 10.6 Å². The Bertz CT molecular complexity index is 976. The molecule has 0 aliphatic carbocycles. The number of benzene rings is 3. The lowest BCUT2D eigenvalue weighted by Crippen LogP contribution is -2.05. The third kappa shape index (κ3) is 3.64. The first-order chi connectivity index (χ1) is 12.1. The maximum Gasteiger partial charge on any atom is 0.210 e. The lowest BCUT2D eigenvalue weighted by atomic mass is 10.2. The zero-order valence-electron chi connectivity index (χ0n) is 13.8. The van der Waals surface area contributed by atoms with Crippen LogP contribution in [0.4, 0.5) is 0 Å². The molecular formula is C21H18O3S. The number of hydrogen-bond acceptors (Lipinski definition) is 3. The van der Waals surface area contributed by atoms with Crippen molar-refractivity contribution in [2.75, 3.05) is 0 Å². The molecule has 0 saturated heterocycles. The predicted octanol–water partition coefficient (Wildman–Crippen LogP) is 5.34. The first-order valence-corrected chi connectivity index (χ1v) is 9.40. The Hall–Kier alpha value is -2.85. The Morgan fingerprint density at radius 1 is 0.800 bits per heavy atom. The molecule has 0 aliphatic heterocycles. The molecule has 0 fully saturated rings. The molecule has 126 valence electrons. The van der Waals surface area contributed by atoms with Crippen molar-refractivity contribution in [3.63, 3.8) is 0 Å². The average molecular weight is 350 g/mol. The van der Waals surface area contributed by atoms with Gasteiger partial charge in [-0.15, -0.1) is 0 Å². The Morgan fingerprint density at radius 2 is 1.44 bits per heavy atom. The van der Waals surface area contributed by atoms with Crippen molar-refractivity contribution in [1.29, 1.82) is 0 Å². The minimum absolute atomic E-state index is 0.151. The highest BCUT2D eigenvalue weighted by molar-refractivity contribution is 7.91. The first-order valence-electron chi connectivity index (χ1n) is 7.91. The van der Waals surface area contributed by atoms with Crippen LogP contribution in [0, 0.1) is 0 Å². The van der Waals surface area contributed by atoms with E-state index in [1.165, 1.54) is 0 Å². The largest absolute Gasteiger partial charge is 0.455 e. The van der Waals surface area contributed by atoms with Gasteiger partial charge in [-0.1, -0.05) is 60.7 Å². The van der Waals surface area contributed by atoms with Crippen LogP contribution in [0.15, 0.2) is 94.7 Å². The molecule has 4 heteroatoms. The van der Waals surface area contributed by atoms with Crippen LogP contribution < -0.4 is 4.74 Å². The topological polar surface area (TPSA) is 43.4 Å². The van der Waals surface area contributed by atoms with Crippen molar-refractivity contribution >= 4 is 15.9 Å². The third-order valence-corrected chi connectivity index (χ3v) is 5.46. The maximum absolute atomic E-state index is 13.1.